The fraction of sp³-hybridized carbons (Fsp3) is 0.588. The second-order valence-corrected chi connectivity index (χ2v) is 11.0. The van der Waals surface area contributed by atoms with E-state index in [2.05, 4.69) is 16.5 Å². The molecule has 1 aliphatic rings. The zero-order valence-corrected chi connectivity index (χ0v) is 17.3. The summed E-state index contributed by atoms with van der Waals surface area (Å²) in [5.41, 5.74) is 1.44. The molecule has 1 unspecified atom stereocenters. The molecule has 2 aromatic rings. The average molecular weight is 415 g/mol. The van der Waals surface area contributed by atoms with Gasteiger partial charge >= 0.3 is 0 Å². The molecule has 10 heteroatoms. The van der Waals surface area contributed by atoms with Crippen molar-refractivity contribution < 1.29 is 16.8 Å². The number of benzene rings is 1. The zero-order chi connectivity index (χ0) is 19.8. The second-order valence-electron chi connectivity index (χ2n) is 7.20. The topological polar surface area (TPSA) is 115 Å². The Labute approximate surface area is 160 Å². The van der Waals surface area contributed by atoms with Crippen LogP contribution in [0.25, 0.3) is 11.0 Å². The highest BCUT2D eigenvalue weighted by Crippen LogP contribution is 2.23. The lowest BCUT2D eigenvalue weighted by molar-refractivity contribution is 0.244. The molecule has 0 bridgehead atoms. The number of sulfonamides is 1. The molecule has 2 N–H and O–H groups in total. The average Bonchev–Trinajstić information content (AvgIpc) is 3.11. The molecule has 1 atom stereocenters. The summed E-state index contributed by atoms with van der Waals surface area (Å²) >= 11 is 0. The van der Waals surface area contributed by atoms with Gasteiger partial charge < -0.3 is 4.57 Å². The zero-order valence-electron chi connectivity index (χ0n) is 15.6. The van der Waals surface area contributed by atoms with Crippen LogP contribution in [-0.2, 0) is 33.0 Å². The van der Waals surface area contributed by atoms with E-state index in [-0.39, 0.29) is 22.4 Å². The molecule has 1 aliphatic heterocycles. The fourth-order valence-electron chi connectivity index (χ4n) is 3.50. The third-order valence-electron chi connectivity index (χ3n) is 5.09. The number of hydrogen-bond acceptors (Lipinski definition) is 6. The Kier molecular flexibility index (Phi) is 5.62. The minimum absolute atomic E-state index is 0.0191. The molecule has 1 fully saturated rings. The molecule has 1 aromatic carbocycles. The third kappa shape index (κ3) is 4.50. The van der Waals surface area contributed by atoms with Crippen LogP contribution >= 0.6 is 0 Å². The van der Waals surface area contributed by atoms with Crippen molar-refractivity contribution in [1.82, 2.24) is 14.5 Å². The fourth-order valence-corrected chi connectivity index (χ4v) is 5.84. The summed E-state index contributed by atoms with van der Waals surface area (Å²) in [6.07, 6.45) is 2.62. The van der Waals surface area contributed by atoms with Crippen molar-refractivity contribution in [2.24, 2.45) is 5.14 Å². The minimum atomic E-state index is -3.79. The van der Waals surface area contributed by atoms with Crippen LogP contribution < -0.4 is 5.14 Å². The maximum absolute atomic E-state index is 11.8. The summed E-state index contributed by atoms with van der Waals surface area (Å²) in [4.78, 5) is 6.70. The molecule has 0 saturated carbocycles. The lowest BCUT2D eigenvalue weighted by Gasteiger charge is -2.23. The number of aryl methyl sites for hydroxylation is 1. The number of hydrogen-bond donors (Lipinski definition) is 1. The van der Waals surface area contributed by atoms with Crippen LogP contribution in [0.15, 0.2) is 23.1 Å². The molecule has 3 rings (SSSR count). The van der Waals surface area contributed by atoms with Crippen molar-refractivity contribution in [3.05, 3.63) is 24.0 Å². The Balaban J connectivity index is 1.95. The van der Waals surface area contributed by atoms with Crippen molar-refractivity contribution in [3.8, 4) is 0 Å². The standard InChI is InChI=1S/C17H26N4O4S2/c1-3-4-8-21-16-6-5-14(27(18,24)25)10-15(16)19-17(21)11-20(2)13-7-9-26(22,23)12-13/h5-6,10,13H,3-4,7-9,11-12H2,1-2H3,(H2,18,24,25). The molecule has 2 heterocycles. The van der Waals surface area contributed by atoms with Gasteiger partial charge in [-0.25, -0.2) is 27.0 Å². The van der Waals surface area contributed by atoms with E-state index in [0.717, 1.165) is 30.7 Å². The number of aromatic nitrogens is 2. The Morgan fingerprint density at radius 2 is 2.11 bits per heavy atom. The first-order valence-corrected chi connectivity index (χ1v) is 12.4. The number of primary sulfonamides is 1. The molecule has 0 radical (unpaired) electrons. The molecule has 0 amide bonds. The van der Waals surface area contributed by atoms with Gasteiger partial charge in [-0.05, 0) is 38.1 Å². The van der Waals surface area contributed by atoms with Gasteiger partial charge in [0, 0.05) is 12.6 Å². The van der Waals surface area contributed by atoms with E-state index in [1.54, 1.807) is 6.07 Å². The summed E-state index contributed by atoms with van der Waals surface area (Å²) in [7, 11) is -4.84. The molecule has 0 aliphatic carbocycles. The van der Waals surface area contributed by atoms with Crippen molar-refractivity contribution >= 4 is 30.9 Å². The van der Waals surface area contributed by atoms with E-state index in [1.165, 1.54) is 12.1 Å². The highest BCUT2D eigenvalue weighted by Gasteiger charge is 2.31. The van der Waals surface area contributed by atoms with Crippen LogP contribution in [0.1, 0.15) is 32.0 Å². The number of rotatable bonds is 7. The molecule has 8 nitrogen and oxygen atoms in total. The smallest absolute Gasteiger partial charge is 0.238 e. The number of fused-ring (bicyclic) bond motifs is 1. The predicted octanol–water partition coefficient (Wildman–Crippen LogP) is 1.10. The summed E-state index contributed by atoms with van der Waals surface area (Å²) in [5, 5.41) is 5.23. The monoisotopic (exact) mass is 414 g/mol. The maximum Gasteiger partial charge on any atom is 0.238 e. The largest absolute Gasteiger partial charge is 0.327 e. The minimum Gasteiger partial charge on any atom is -0.327 e. The Bertz CT molecular complexity index is 1040. The number of nitrogens with zero attached hydrogens (tertiary/aromatic N) is 3. The van der Waals surface area contributed by atoms with E-state index >= 15 is 0 Å². The van der Waals surface area contributed by atoms with Gasteiger partial charge in [0.05, 0.1) is 34.0 Å². The Hall–Kier alpha value is -1.49. The summed E-state index contributed by atoms with van der Waals surface area (Å²) in [6.45, 7) is 3.38. The summed E-state index contributed by atoms with van der Waals surface area (Å²) in [5.74, 6) is 1.21. The van der Waals surface area contributed by atoms with Crippen LogP contribution in [0.3, 0.4) is 0 Å². The normalized spacial score (nSPS) is 19.9. The summed E-state index contributed by atoms with van der Waals surface area (Å²) < 4.78 is 48.9. The van der Waals surface area contributed by atoms with E-state index in [4.69, 9.17) is 5.14 Å². The number of sulfone groups is 1. The van der Waals surface area contributed by atoms with Crippen molar-refractivity contribution in [3.63, 3.8) is 0 Å². The number of imidazole rings is 1. The van der Waals surface area contributed by atoms with Crippen molar-refractivity contribution in [2.45, 2.75) is 50.2 Å². The second kappa shape index (κ2) is 7.50. The SMILES string of the molecule is CCCCn1c(CN(C)C2CCS(=O)(=O)C2)nc2cc(S(N)(=O)=O)ccc21. The Morgan fingerprint density at radius 3 is 2.70 bits per heavy atom. The van der Waals surface area contributed by atoms with Crippen LogP contribution in [0, 0.1) is 0 Å². The van der Waals surface area contributed by atoms with Gasteiger partial charge in [0.25, 0.3) is 0 Å². The van der Waals surface area contributed by atoms with Crippen molar-refractivity contribution in [2.75, 3.05) is 18.6 Å². The number of nitrogens with two attached hydrogens (primary N) is 1. The first-order chi connectivity index (χ1) is 12.6. The molecule has 27 heavy (non-hydrogen) atoms. The molecule has 1 aromatic heterocycles. The molecule has 1 saturated heterocycles. The van der Waals surface area contributed by atoms with Gasteiger partial charge in [0.1, 0.15) is 5.82 Å². The Morgan fingerprint density at radius 1 is 1.37 bits per heavy atom. The van der Waals surface area contributed by atoms with E-state index in [1.807, 2.05) is 11.9 Å². The van der Waals surface area contributed by atoms with Gasteiger partial charge in [-0.1, -0.05) is 13.3 Å². The summed E-state index contributed by atoms with van der Waals surface area (Å²) in [6, 6.07) is 4.71. The van der Waals surface area contributed by atoms with Crippen molar-refractivity contribution in [1.29, 1.82) is 0 Å². The molecular weight excluding hydrogens is 388 g/mol. The lowest BCUT2D eigenvalue weighted by Crippen LogP contribution is -2.33. The highest BCUT2D eigenvalue weighted by atomic mass is 32.2. The first-order valence-electron chi connectivity index (χ1n) is 9.03. The maximum atomic E-state index is 11.8. The highest BCUT2D eigenvalue weighted by molar-refractivity contribution is 7.91. The van der Waals surface area contributed by atoms with Crippen LogP contribution in [0.2, 0.25) is 0 Å². The number of unbranched alkanes of at least 4 members (excludes halogenated alkanes) is 1. The third-order valence-corrected chi connectivity index (χ3v) is 7.75. The lowest BCUT2D eigenvalue weighted by atomic mass is 10.2. The molecular formula is C17H26N4O4S2. The first kappa shape index (κ1) is 20.2. The van der Waals surface area contributed by atoms with Crippen LogP contribution in [-0.4, -0.2) is 55.9 Å². The van der Waals surface area contributed by atoms with Gasteiger partial charge in [-0.3, -0.25) is 4.90 Å². The van der Waals surface area contributed by atoms with Gasteiger partial charge in [-0.2, -0.15) is 0 Å². The molecule has 150 valence electrons. The van der Waals surface area contributed by atoms with Gasteiger partial charge in [0.15, 0.2) is 9.84 Å². The van der Waals surface area contributed by atoms with E-state index < -0.39 is 19.9 Å². The van der Waals surface area contributed by atoms with E-state index in [9.17, 15) is 16.8 Å². The molecule has 0 spiro atoms. The van der Waals surface area contributed by atoms with Crippen LogP contribution in [0.4, 0.5) is 0 Å². The van der Waals surface area contributed by atoms with E-state index in [0.29, 0.717) is 18.5 Å². The quantitative estimate of drug-likeness (QED) is 0.725. The van der Waals surface area contributed by atoms with Gasteiger partial charge in [-0.15, -0.1) is 0 Å². The predicted molar refractivity (Wildman–Crippen MR) is 105 cm³/mol. The van der Waals surface area contributed by atoms with Crippen LogP contribution in [0.5, 0.6) is 0 Å². The van der Waals surface area contributed by atoms with Gasteiger partial charge in [0.2, 0.25) is 10.0 Å².